The number of allylic oxidation sites excluding steroid dienone is 1. The zero-order chi connectivity index (χ0) is 10.4. The van der Waals surface area contributed by atoms with Crippen molar-refractivity contribution >= 4 is 5.78 Å². The first-order chi connectivity index (χ1) is 6.70. The van der Waals surface area contributed by atoms with Gasteiger partial charge in [-0.3, -0.25) is 4.79 Å². The predicted molar refractivity (Wildman–Crippen MR) is 56.0 cm³/mol. The van der Waals surface area contributed by atoms with Gasteiger partial charge in [-0.2, -0.15) is 0 Å². The number of carbonyl (C=O) groups excluding carboxylic acids is 1. The first-order valence-electron chi connectivity index (χ1n) is 5.29. The Labute approximate surface area is 85.5 Å². The Morgan fingerprint density at radius 1 is 1.64 bits per heavy atom. The van der Waals surface area contributed by atoms with Crippen molar-refractivity contribution < 1.29 is 9.53 Å². The van der Waals surface area contributed by atoms with Gasteiger partial charge in [0.1, 0.15) is 0 Å². The van der Waals surface area contributed by atoms with Crippen molar-refractivity contribution in [3.63, 3.8) is 0 Å². The van der Waals surface area contributed by atoms with Crippen molar-refractivity contribution in [1.29, 1.82) is 0 Å². The zero-order valence-corrected chi connectivity index (χ0v) is 9.01. The number of ketones is 1. The first-order valence-corrected chi connectivity index (χ1v) is 5.29. The van der Waals surface area contributed by atoms with Gasteiger partial charge in [0.05, 0.1) is 6.61 Å². The number of nitrogens with one attached hydrogen (secondary N) is 1. The molecule has 3 heteroatoms. The van der Waals surface area contributed by atoms with Gasteiger partial charge in [0.25, 0.3) is 0 Å². The third-order valence-corrected chi connectivity index (χ3v) is 2.11. The summed E-state index contributed by atoms with van der Waals surface area (Å²) in [7, 11) is 0. The molecular weight excluding hydrogens is 178 g/mol. The molecule has 0 amide bonds. The lowest BCUT2D eigenvalue weighted by Crippen LogP contribution is -2.24. The van der Waals surface area contributed by atoms with Crippen molar-refractivity contribution in [1.82, 2.24) is 5.32 Å². The van der Waals surface area contributed by atoms with Crippen LogP contribution >= 0.6 is 0 Å². The smallest absolute Gasteiger partial charge is 0.197 e. The molecule has 1 rings (SSSR count). The van der Waals surface area contributed by atoms with Crippen LogP contribution in [0, 0.1) is 0 Å². The zero-order valence-electron chi connectivity index (χ0n) is 9.01. The second-order valence-electron chi connectivity index (χ2n) is 3.84. The van der Waals surface area contributed by atoms with E-state index in [0.29, 0.717) is 24.8 Å². The fourth-order valence-corrected chi connectivity index (χ4v) is 1.38. The molecule has 0 radical (unpaired) electrons. The van der Waals surface area contributed by atoms with Gasteiger partial charge >= 0.3 is 0 Å². The predicted octanol–water partition coefficient (Wildman–Crippen LogP) is 1.64. The summed E-state index contributed by atoms with van der Waals surface area (Å²) in [4.78, 5) is 11.5. The van der Waals surface area contributed by atoms with Crippen LogP contribution in [0.1, 0.15) is 33.1 Å². The lowest BCUT2D eigenvalue weighted by molar-refractivity contribution is -0.118. The fraction of sp³-hybridized carbons (Fsp3) is 0.727. The standard InChI is InChI=1S/C11H19NO2/c1-9(2)12-7-3-5-10(13)11-6-4-8-14-11/h6,9,12H,3-5,7-8H2,1-2H3. The Bertz CT molecular complexity index is 221. The highest BCUT2D eigenvalue weighted by atomic mass is 16.5. The molecule has 14 heavy (non-hydrogen) atoms. The summed E-state index contributed by atoms with van der Waals surface area (Å²) in [5.74, 6) is 0.725. The molecule has 0 bridgehead atoms. The molecule has 1 aliphatic rings. The highest BCUT2D eigenvalue weighted by Gasteiger charge is 2.13. The number of hydrogen-bond acceptors (Lipinski definition) is 3. The minimum absolute atomic E-state index is 0.146. The molecule has 0 aromatic carbocycles. The highest BCUT2D eigenvalue weighted by molar-refractivity contribution is 5.93. The van der Waals surface area contributed by atoms with Gasteiger partial charge in [0, 0.05) is 18.9 Å². The topological polar surface area (TPSA) is 38.3 Å². The summed E-state index contributed by atoms with van der Waals surface area (Å²) in [6.07, 6.45) is 4.24. The maximum atomic E-state index is 11.5. The molecular formula is C11H19NO2. The summed E-state index contributed by atoms with van der Waals surface area (Å²) in [5, 5.41) is 3.28. The summed E-state index contributed by atoms with van der Waals surface area (Å²) >= 11 is 0. The van der Waals surface area contributed by atoms with Crippen molar-refractivity contribution in [3.05, 3.63) is 11.8 Å². The van der Waals surface area contributed by atoms with E-state index < -0.39 is 0 Å². The summed E-state index contributed by atoms with van der Waals surface area (Å²) < 4.78 is 5.18. The van der Waals surface area contributed by atoms with E-state index >= 15 is 0 Å². The van der Waals surface area contributed by atoms with Gasteiger partial charge in [-0.25, -0.2) is 0 Å². The van der Waals surface area contributed by atoms with Crippen molar-refractivity contribution in [2.45, 2.75) is 39.2 Å². The van der Waals surface area contributed by atoms with Crippen molar-refractivity contribution in [2.75, 3.05) is 13.2 Å². The van der Waals surface area contributed by atoms with E-state index in [9.17, 15) is 4.79 Å². The van der Waals surface area contributed by atoms with Crippen LogP contribution in [0.4, 0.5) is 0 Å². The number of carbonyl (C=O) groups is 1. The van der Waals surface area contributed by atoms with Crippen LogP contribution in [0.2, 0.25) is 0 Å². The average molecular weight is 197 g/mol. The molecule has 0 spiro atoms. The lowest BCUT2D eigenvalue weighted by atomic mass is 10.2. The largest absolute Gasteiger partial charge is 0.490 e. The van der Waals surface area contributed by atoms with E-state index in [1.165, 1.54) is 0 Å². The van der Waals surface area contributed by atoms with E-state index in [-0.39, 0.29) is 5.78 Å². The fourth-order valence-electron chi connectivity index (χ4n) is 1.38. The summed E-state index contributed by atoms with van der Waals surface area (Å²) in [6.45, 7) is 5.77. The first kappa shape index (κ1) is 11.2. The quantitative estimate of drug-likeness (QED) is 0.658. The molecule has 1 N–H and O–H groups in total. The molecule has 0 aromatic rings. The SMILES string of the molecule is CC(C)NCCCC(=O)C1=CCCO1. The molecule has 0 aliphatic carbocycles. The van der Waals surface area contributed by atoms with Crippen LogP contribution < -0.4 is 5.32 Å². The van der Waals surface area contributed by atoms with Gasteiger partial charge in [0.15, 0.2) is 11.5 Å². The third kappa shape index (κ3) is 3.92. The number of rotatable bonds is 6. The number of Topliss-reactive ketones (excluding diaryl/α,β-unsaturated/α-hetero) is 1. The Hall–Kier alpha value is -0.830. The summed E-state index contributed by atoms with van der Waals surface area (Å²) in [6, 6.07) is 0.493. The average Bonchev–Trinajstić information content (AvgIpc) is 2.64. The Morgan fingerprint density at radius 2 is 2.43 bits per heavy atom. The Morgan fingerprint density at radius 3 is 3.00 bits per heavy atom. The molecule has 3 nitrogen and oxygen atoms in total. The van der Waals surface area contributed by atoms with Gasteiger partial charge in [-0.05, 0) is 19.0 Å². The monoisotopic (exact) mass is 197 g/mol. The van der Waals surface area contributed by atoms with Crippen LogP contribution in [0.3, 0.4) is 0 Å². The van der Waals surface area contributed by atoms with Crippen molar-refractivity contribution in [2.24, 2.45) is 0 Å². The van der Waals surface area contributed by atoms with Crippen LogP contribution in [0.5, 0.6) is 0 Å². The molecule has 0 aromatic heterocycles. The molecule has 0 unspecified atom stereocenters. The van der Waals surface area contributed by atoms with E-state index in [0.717, 1.165) is 19.4 Å². The van der Waals surface area contributed by atoms with Crippen molar-refractivity contribution in [3.8, 4) is 0 Å². The highest BCUT2D eigenvalue weighted by Crippen LogP contribution is 2.12. The van der Waals surface area contributed by atoms with Crippen LogP contribution in [0.15, 0.2) is 11.8 Å². The Balaban J connectivity index is 2.09. The number of ether oxygens (including phenoxy) is 1. The van der Waals surface area contributed by atoms with Gasteiger partial charge in [-0.1, -0.05) is 13.8 Å². The lowest BCUT2D eigenvalue weighted by Gasteiger charge is -2.07. The van der Waals surface area contributed by atoms with Crippen LogP contribution in [-0.4, -0.2) is 25.0 Å². The second kappa shape index (κ2) is 5.81. The molecule has 1 aliphatic heterocycles. The van der Waals surface area contributed by atoms with E-state index in [1.807, 2.05) is 6.08 Å². The van der Waals surface area contributed by atoms with Gasteiger partial charge < -0.3 is 10.1 Å². The van der Waals surface area contributed by atoms with Gasteiger partial charge in [0.2, 0.25) is 0 Å². The summed E-state index contributed by atoms with van der Waals surface area (Å²) in [5.41, 5.74) is 0. The van der Waals surface area contributed by atoms with E-state index in [2.05, 4.69) is 19.2 Å². The van der Waals surface area contributed by atoms with Gasteiger partial charge in [-0.15, -0.1) is 0 Å². The second-order valence-corrected chi connectivity index (χ2v) is 3.84. The third-order valence-electron chi connectivity index (χ3n) is 2.11. The number of hydrogen-bond donors (Lipinski definition) is 1. The molecule has 0 fully saturated rings. The molecule has 1 heterocycles. The van der Waals surface area contributed by atoms with E-state index in [4.69, 9.17) is 4.74 Å². The van der Waals surface area contributed by atoms with Crippen LogP contribution in [0.25, 0.3) is 0 Å². The maximum absolute atomic E-state index is 11.5. The van der Waals surface area contributed by atoms with Crippen LogP contribution in [-0.2, 0) is 9.53 Å². The molecule has 0 saturated heterocycles. The molecule has 0 saturated carbocycles. The minimum atomic E-state index is 0.146. The van der Waals surface area contributed by atoms with E-state index in [1.54, 1.807) is 0 Å². The molecule has 0 atom stereocenters. The Kier molecular flexibility index (Phi) is 4.66. The molecule has 80 valence electrons. The minimum Gasteiger partial charge on any atom is -0.490 e. The maximum Gasteiger partial charge on any atom is 0.197 e. The normalized spacial score (nSPS) is 15.5.